The third-order valence-corrected chi connectivity index (χ3v) is 4.23. The Balaban J connectivity index is 1.94. The zero-order valence-electron chi connectivity index (χ0n) is 11.0. The molecule has 20 heavy (non-hydrogen) atoms. The number of nitrogens with zero attached hydrogens (tertiary/aromatic N) is 1. The van der Waals surface area contributed by atoms with Crippen LogP contribution in [0.15, 0.2) is 24.3 Å². The van der Waals surface area contributed by atoms with Crippen LogP contribution in [-0.2, 0) is 0 Å². The zero-order valence-corrected chi connectivity index (χ0v) is 11.8. The van der Waals surface area contributed by atoms with Gasteiger partial charge in [0.2, 0.25) is 0 Å². The maximum Gasteiger partial charge on any atom is 0.270 e. The first kappa shape index (κ1) is 14.8. The molecule has 2 rings (SSSR count). The molecule has 1 amide bonds. The maximum absolute atomic E-state index is 12.0. The average Bonchev–Trinajstić information content (AvgIpc) is 2.46. The topological polar surface area (TPSA) is 72.2 Å². The van der Waals surface area contributed by atoms with Crippen molar-refractivity contribution in [3.63, 3.8) is 0 Å². The first-order chi connectivity index (χ1) is 9.58. The summed E-state index contributed by atoms with van der Waals surface area (Å²) in [5.41, 5.74) is 0.228. The number of hydrogen-bond donors (Lipinski definition) is 1. The highest BCUT2D eigenvalue weighted by Gasteiger charge is 2.23. The minimum Gasteiger partial charge on any atom is -0.352 e. The summed E-state index contributed by atoms with van der Waals surface area (Å²) >= 11 is 6.24. The van der Waals surface area contributed by atoms with Gasteiger partial charge in [0.25, 0.3) is 11.6 Å². The molecule has 5 nitrogen and oxygen atoms in total. The van der Waals surface area contributed by atoms with E-state index in [0.717, 1.165) is 25.7 Å². The Morgan fingerprint density at radius 3 is 2.85 bits per heavy atom. The molecule has 1 N–H and O–H groups in total. The second-order valence-corrected chi connectivity index (χ2v) is 5.64. The van der Waals surface area contributed by atoms with Crippen LogP contribution in [0.4, 0.5) is 5.69 Å². The number of alkyl halides is 1. The van der Waals surface area contributed by atoms with Gasteiger partial charge in [0.15, 0.2) is 0 Å². The van der Waals surface area contributed by atoms with Crippen molar-refractivity contribution in [1.82, 2.24) is 5.32 Å². The summed E-state index contributed by atoms with van der Waals surface area (Å²) < 4.78 is 0. The molecule has 0 radical (unpaired) electrons. The van der Waals surface area contributed by atoms with Crippen molar-refractivity contribution in [2.75, 3.05) is 6.54 Å². The molecular formula is C14H17ClN2O3. The number of nitro benzene ring substituents is 1. The number of rotatable bonds is 4. The first-order valence-corrected chi connectivity index (χ1v) is 7.18. The SMILES string of the molecule is O=C(NCC1CCCCC1Cl)c1cccc([N+](=O)[O-])c1. The van der Waals surface area contributed by atoms with Gasteiger partial charge in [0.05, 0.1) is 4.92 Å². The maximum atomic E-state index is 12.0. The molecule has 108 valence electrons. The van der Waals surface area contributed by atoms with Crippen molar-refractivity contribution in [3.8, 4) is 0 Å². The molecule has 0 saturated heterocycles. The normalized spacial score (nSPS) is 22.2. The summed E-state index contributed by atoms with van der Waals surface area (Å²) in [5.74, 6) is -0.00351. The van der Waals surface area contributed by atoms with Gasteiger partial charge in [-0.25, -0.2) is 0 Å². The van der Waals surface area contributed by atoms with Crippen LogP contribution in [0.5, 0.6) is 0 Å². The van der Waals surface area contributed by atoms with E-state index in [-0.39, 0.29) is 22.9 Å². The Morgan fingerprint density at radius 2 is 2.15 bits per heavy atom. The molecule has 1 aromatic rings. The Morgan fingerprint density at radius 1 is 1.40 bits per heavy atom. The fraction of sp³-hybridized carbons (Fsp3) is 0.500. The second-order valence-electron chi connectivity index (χ2n) is 5.08. The Hall–Kier alpha value is -1.62. The van der Waals surface area contributed by atoms with Crippen molar-refractivity contribution >= 4 is 23.2 Å². The highest BCUT2D eigenvalue weighted by molar-refractivity contribution is 6.20. The van der Waals surface area contributed by atoms with Gasteiger partial charge in [-0.2, -0.15) is 0 Å². The molecule has 0 heterocycles. The minimum absolute atomic E-state index is 0.0782. The van der Waals surface area contributed by atoms with Crippen LogP contribution in [0.1, 0.15) is 36.0 Å². The van der Waals surface area contributed by atoms with Crippen LogP contribution in [0.25, 0.3) is 0 Å². The largest absolute Gasteiger partial charge is 0.352 e. The number of nitrogens with one attached hydrogen (secondary N) is 1. The van der Waals surface area contributed by atoms with E-state index < -0.39 is 4.92 Å². The molecular weight excluding hydrogens is 280 g/mol. The molecule has 1 aliphatic rings. The molecule has 1 aromatic carbocycles. The molecule has 2 unspecified atom stereocenters. The molecule has 2 atom stereocenters. The van der Waals surface area contributed by atoms with Crippen molar-refractivity contribution in [1.29, 1.82) is 0 Å². The number of non-ortho nitro benzene ring substituents is 1. The number of amides is 1. The summed E-state index contributed by atoms with van der Waals surface area (Å²) in [6.07, 6.45) is 4.28. The Bertz CT molecular complexity index is 507. The van der Waals surface area contributed by atoms with Crippen LogP contribution in [0.3, 0.4) is 0 Å². The Kier molecular flexibility index (Phi) is 4.95. The molecule has 1 fully saturated rings. The summed E-state index contributed by atoms with van der Waals surface area (Å²) in [4.78, 5) is 22.2. The third-order valence-electron chi connectivity index (χ3n) is 3.66. The minimum atomic E-state index is -0.507. The third kappa shape index (κ3) is 3.70. The summed E-state index contributed by atoms with van der Waals surface area (Å²) in [5, 5.41) is 13.6. The zero-order chi connectivity index (χ0) is 14.5. The van der Waals surface area contributed by atoms with Gasteiger partial charge in [-0.05, 0) is 24.8 Å². The lowest BCUT2D eigenvalue weighted by Crippen LogP contribution is -2.34. The number of carbonyl (C=O) groups is 1. The van der Waals surface area contributed by atoms with Gasteiger partial charge in [-0.3, -0.25) is 14.9 Å². The van der Waals surface area contributed by atoms with Crippen LogP contribution in [0.2, 0.25) is 0 Å². The molecule has 0 aromatic heterocycles. The van der Waals surface area contributed by atoms with Crippen molar-refractivity contribution < 1.29 is 9.72 Å². The molecule has 0 spiro atoms. The van der Waals surface area contributed by atoms with Gasteiger partial charge >= 0.3 is 0 Å². The van der Waals surface area contributed by atoms with E-state index in [0.29, 0.717) is 12.1 Å². The van der Waals surface area contributed by atoms with E-state index >= 15 is 0 Å². The van der Waals surface area contributed by atoms with Crippen LogP contribution in [0, 0.1) is 16.0 Å². The van der Waals surface area contributed by atoms with E-state index in [2.05, 4.69) is 5.32 Å². The highest BCUT2D eigenvalue weighted by Crippen LogP contribution is 2.28. The number of nitro groups is 1. The van der Waals surface area contributed by atoms with Crippen LogP contribution in [-0.4, -0.2) is 22.8 Å². The number of halogens is 1. The number of carbonyl (C=O) groups excluding carboxylic acids is 1. The lowest BCUT2D eigenvalue weighted by atomic mass is 9.88. The van der Waals surface area contributed by atoms with E-state index in [1.807, 2.05) is 0 Å². The fourth-order valence-electron chi connectivity index (χ4n) is 2.48. The standard InChI is InChI=1S/C14H17ClN2O3/c15-13-7-2-1-4-11(13)9-16-14(18)10-5-3-6-12(8-10)17(19)20/h3,5-6,8,11,13H,1-2,4,7,9H2,(H,16,18). The smallest absolute Gasteiger partial charge is 0.270 e. The number of hydrogen-bond acceptors (Lipinski definition) is 3. The Labute approximate surface area is 122 Å². The fourth-order valence-corrected chi connectivity index (χ4v) is 2.85. The summed E-state index contributed by atoms with van der Waals surface area (Å²) in [7, 11) is 0. The lowest BCUT2D eigenvalue weighted by Gasteiger charge is -2.27. The van der Waals surface area contributed by atoms with Gasteiger partial charge in [0.1, 0.15) is 0 Å². The first-order valence-electron chi connectivity index (χ1n) is 6.74. The summed E-state index contributed by atoms with van der Waals surface area (Å²) in [6, 6.07) is 5.74. The average molecular weight is 297 g/mol. The van der Waals surface area contributed by atoms with Crippen LogP contribution >= 0.6 is 11.6 Å². The molecule has 0 bridgehead atoms. The van der Waals surface area contributed by atoms with E-state index in [1.54, 1.807) is 6.07 Å². The molecule has 1 saturated carbocycles. The van der Waals surface area contributed by atoms with Crippen molar-refractivity contribution in [3.05, 3.63) is 39.9 Å². The molecule has 6 heteroatoms. The van der Waals surface area contributed by atoms with Crippen molar-refractivity contribution in [2.24, 2.45) is 5.92 Å². The van der Waals surface area contributed by atoms with Crippen molar-refractivity contribution in [2.45, 2.75) is 31.1 Å². The van der Waals surface area contributed by atoms with Gasteiger partial charge in [-0.1, -0.05) is 18.9 Å². The molecule has 1 aliphatic carbocycles. The monoisotopic (exact) mass is 296 g/mol. The van der Waals surface area contributed by atoms with E-state index in [4.69, 9.17) is 11.6 Å². The lowest BCUT2D eigenvalue weighted by molar-refractivity contribution is -0.384. The van der Waals surface area contributed by atoms with Gasteiger partial charge < -0.3 is 5.32 Å². The van der Waals surface area contributed by atoms with E-state index in [1.165, 1.54) is 18.2 Å². The second kappa shape index (κ2) is 6.70. The van der Waals surface area contributed by atoms with Crippen LogP contribution < -0.4 is 5.32 Å². The molecule has 0 aliphatic heterocycles. The predicted molar refractivity (Wildman–Crippen MR) is 77.0 cm³/mol. The van der Waals surface area contributed by atoms with Gasteiger partial charge in [0, 0.05) is 29.6 Å². The number of benzene rings is 1. The summed E-state index contributed by atoms with van der Waals surface area (Å²) in [6.45, 7) is 0.524. The predicted octanol–water partition coefficient (Wildman–Crippen LogP) is 3.12. The van der Waals surface area contributed by atoms with Gasteiger partial charge in [-0.15, -0.1) is 11.6 Å². The van der Waals surface area contributed by atoms with E-state index in [9.17, 15) is 14.9 Å². The highest BCUT2D eigenvalue weighted by atomic mass is 35.5. The quantitative estimate of drug-likeness (QED) is 0.527.